The number of aromatic hydroxyl groups is 1. The molecule has 196 valence electrons. The highest BCUT2D eigenvalue weighted by atomic mass is 79.9. The number of phenols is 1. The van der Waals surface area contributed by atoms with Crippen LogP contribution >= 0.6 is 27.3 Å². The Morgan fingerprint density at radius 3 is 2.18 bits per heavy atom. The molecule has 0 saturated carbocycles. The summed E-state index contributed by atoms with van der Waals surface area (Å²) in [4.78, 5) is 28.9. The summed E-state index contributed by atoms with van der Waals surface area (Å²) in [6.07, 6.45) is 0.384. The number of nitrogens with zero attached hydrogens (tertiary/aromatic N) is 1. The Labute approximate surface area is 224 Å². The fourth-order valence-corrected chi connectivity index (χ4v) is 4.65. The van der Waals surface area contributed by atoms with Crippen LogP contribution in [0.2, 0.25) is 0 Å². The molecule has 1 heterocycles. The monoisotopic (exact) mass is 611 g/mol. The first-order valence-corrected chi connectivity index (χ1v) is 12.3. The second-order valence-corrected chi connectivity index (χ2v) is 9.66. The van der Waals surface area contributed by atoms with Crippen molar-refractivity contribution >= 4 is 44.2 Å². The standard InChI is InChI=1S/C25H15BrF5N3O3S/c26-12-6-7-14(35)13(10-12)23(36)34-25-33-21(15-16(27)18(29)20(31)19(30)17(15)28)22(38-25)24(37)32-9-8-11-4-2-1-3-5-11/h1-7,10,35H,8-9H2,(H,32,37)(H,33,34,36). The van der Waals surface area contributed by atoms with Crippen molar-refractivity contribution in [2.45, 2.75) is 6.42 Å². The van der Waals surface area contributed by atoms with E-state index in [2.05, 4.69) is 31.5 Å². The van der Waals surface area contributed by atoms with Crippen molar-refractivity contribution < 1.29 is 36.6 Å². The largest absolute Gasteiger partial charge is 0.507 e. The third kappa shape index (κ3) is 5.53. The van der Waals surface area contributed by atoms with E-state index in [4.69, 9.17) is 0 Å². The van der Waals surface area contributed by atoms with Gasteiger partial charge in [0.1, 0.15) is 16.3 Å². The number of hydrogen-bond acceptors (Lipinski definition) is 5. The van der Waals surface area contributed by atoms with Gasteiger partial charge in [-0.05, 0) is 30.2 Å². The zero-order valence-corrected chi connectivity index (χ0v) is 21.3. The molecule has 0 saturated heterocycles. The Morgan fingerprint density at radius 2 is 1.53 bits per heavy atom. The van der Waals surface area contributed by atoms with Gasteiger partial charge in [-0.2, -0.15) is 0 Å². The van der Waals surface area contributed by atoms with E-state index in [1.54, 1.807) is 18.2 Å². The van der Waals surface area contributed by atoms with E-state index < -0.39 is 62.8 Å². The molecule has 6 nitrogen and oxygen atoms in total. The Bertz CT molecular complexity index is 1520. The highest BCUT2D eigenvalue weighted by molar-refractivity contribution is 9.10. The second-order valence-electron chi connectivity index (χ2n) is 7.75. The van der Waals surface area contributed by atoms with E-state index in [-0.39, 0.29) is 17.2 Å². The first kappa shape index (κ1) is 27.2. The minimum atomic E-state index is -2.37. The number of halogens is 6. The summed E-state index contributed by atoms with van der Waals surface area (Å²) in [7, 11) is 0. The van der Waals surface area contributed by atoms with Crippen molar-refractivity contribution in [2.75, 3.05) is 11.9 Å². The molecule has 0 aliphatic rings. The maximum atomic E-state index is 14.6. The van der Waals surface area contributed by atoms with Gasteiger partial charge in [-0.25, -0.2) is 26.9 Å². The van der Waals surface area contributed by atoms with Crippen molar-refractivity contribution in [3.05, 3.63) is 98.1 Å². The lowest BCUT2D eigenvalue weighted by Crippen LogP contribution is -2.25. The third-order valence-corrected chi connectivity index (χ3v) is 6.71. The van der Waals surface area contributed by atoms with Crippen LogP contribution in [-0.2, 0) is 6.42 Å². The van der Waals surface area contributed by atoms with E-state index >= 15 is 0 Å². The van der Waals surface area contributed by atoms with Crippen LogP contribution in [0.5, 0.6) is 5.75 Å². The number of amides is 2. The molecule has 0 aliphatic carbocycles. The summed E-state index contributed by atoms with van der Waals surface area (Å²) in [6, 6.07) is 13.0. The lowest BCUT2D eigenvalue weighted by molar-refractivity contribution is 0.0957. The zero-order valence-electron chi connectivity index (χ0n) is 18.9. The first-order chi connectivity index (χ1) is 18.1. The van der Waals surface area contributed by atoms with Crippen LogP contribution in [0.4, 0.5) is 27.1 Å². The number of aromatic nitrogens is 1. The summed E-state index contributed by atoms with van der Waals surface area (Å²) in [6.45, 7) is 0.0743. The Kier molecular flexibility index (Phi) is 8.07. The summed E-state index contributed by atoms with van der Waals surface area (Å²) in [5.74, 6) is -13.4. The van der Waals surface area contributed by atoms with Gasteiger partial charge in [-0.15, -0.1) is 0 Å². The van der Waals surface area contributed by atoms with E-state index in [1.165, 1.54) is 18.2 Å². The minimum Gasteiger partial charge on any atom is -0.507 e. The highest BCUT2D eigenvalue weighted by Crippen LogP contribution is 2.37. The van der Waals surface area contributed by atoms with E-state index in [0.717, 1.165) is 5.56 Å². The van der Waals surface area contributed by atoms with Gasteiger partial charge in [0.2, 0.25) is 5.82 Å². The van der Waals surface area contributed by atoms with Crippen LogP contribution < -0.4 is 10.6 Å². The molecule has 3 N–H and O–H groups in total. The molecule has 1 aromatic heterocycles. The SMILES string of the molecule is O=C(Nc1nc(-c2c(F)c(F)c(F)c(F)c2F)c(C(=O)NCCc2ccccc2)s1)c1cc(Br)ccc1O. The quantitative estimate of drug-likeness (QED) is 0.132. The van der Waals surface area contributed by atoms with Crippen molar-refractivity contribution in [3.8, 4) is 17.0 Å². The summed E-state index contributed by atoms with van der Waals surface area (Å²) in [5.41, 5.74) is -1.61. The minimum absolute atomic E-state index is 0.0743. The van der Waals surface area contributed by atoms with Gasteiger partial charge in [0.05, 0.1) is 11.1 Å². The number of carbonyl (C=O) groups is 2. The molecule has 0 fully saturated rings. The van der Waals surface area contributed by atoms with Crippen LogP contribution in [-0.4, -0.2) is 28.4 Å². The number of anilines is 1. The molecule has 4 aromatic rings. The normalized spacial score (nSPS) is 10.9. The number of benzene rings is 3. The molecule has 0 atom stereocenters. The molecule has 3 aromatic carbocycles. The Morgan fingerprint density at radius 1 is 0.895 bits per heavy atom. The maximum absolute atomic E-state index is 14.6. The number of rotatable bonds is 7. The van der Waals surface area contributed by atoms with Crippen LogP contribution in [0.15, 0.2) is 53.0 Å². The Hall–Kier alpha value is -3.84. The lowest BCUT2D eigenvalue weighted by Gasteiger charge is -2.09. The maximum Gasteiger partial charge on any atom is 0.263 e. The zero-order chi connectivity index (χ0) is 27.6. The number of hydrogen-bond donors (Lipinski definition) is 3. The predicted octanol–water partition coefficient (Wildman–Crippen LogP) is 6.20. The van der Waals surface area contributed by atoms with Gasteiger partial charge in [0.15, 0.2) is 28.4 Å². The van der Waals surface area contributed by atoms with Crippen LogP contribution in [0.25, 0.3) is 11.3 Å². The van der Waals surface area contributed by atoms with Crippen molar-refractivity contribution in [2.24, 2.45) is 0 Å². The van der Waals surface area contributed by atoms with Crippen molar-refractivity contribution in [3.63, 3.8) is 0 Å². The van der Waals surface area contributed by atoms with Crippen LogP contribution in [0, 0.1) is 29.1 Å². The summed E-state index contributed by atoms with van der Waals surface area (Å²) in [5, 5.41) is 14.4. The van der Waals surface area contributed by atoms with Gasteiger partial charge in [0, 0.05) is 11.0 Å². The Balaban J connectivity index is 1.72. The fourth-order valence-electron chi connectivity index (χ4n) is 3.41. The summed E-state index contributed by atoms with van der Waals surface area (Å²) >= 11 is 3.60. The van der Waals surface area contributed by atoms with Gasteiger partial charge >= 0.3 is 0 Å². The average molecular weight is 612 g/mol. The molecule has 0 unspecified atom stereocenters. The molecule has 4 rings (SSSR count). The topological polar surface area (TPSA) is 91.3 Å². The molecule has 38 heavy (non-hydrogen) atoms. The summed E-state index contributed by atoms with van der Waals surface area (Å²) < 4.78 is 71.2. The molecule has 0 spiro atoms. The molecule has 0 bridgehead atoms. The smallest absolute Gasteiger partial charge is 0.263 e. The van der Waals surface area contributed by atoms with Gasteiger partial charge < -0.3 is 10.4 Å². The van der Waals surface area contributed by atoms with Crippen LogP contribution in [0.1, 0.15) is 25.6 Å². The van der Waals surface area contributed by atoms with Gasteiger partial charge in [-0.1, -0.05) is 57.6 Å². The lowest BCUT2D eigenvalue weighted by atomic mass is 10.1. The van der Waals surface area contributed by atoms with E-state index in [0.29, 0.717) is 22.2 Å². The number of phenolic OH excluding ortho intramolecular Hbond substituents is 1. The highest BCUT2D eigenvalue weighted by Gasteiger charge is 2.32. The molecule has 0 aliphatic heterocycles. The van der Waals surface area contributed by atoms with Crippen molar-refractivity contribution in [1.29, 1.82) is 0 Å². The predicted molar refractivity (Wildman–Crippen MR) is 134 cm³/mol. The second kappa shape index (κ2) is 11.3. The first-order valence-electron chi connectivity index (χ1n) is 10.7. The molecular formula is C25H15BrF5N3O3S. The third-order valence-electron chi connectivity index (χ3n) is 5.25. The number of thiazole rings is 1. The van der Waals surface area contributed by atoms with E-state index in [9.17, 15) is 36.6 Å². The molecule has 2 amide bonds. The fraction of sp³-hybridized carbons (Fsp3) is 0.0800. The number of carbonyl (C=O) groups excluding carboxylic acids is 2. The van der Waals surface area contributed by atoms with Crippen molar-refractivity contribution in [1.82, 2.24) is 10.3 Å². The number of nitrogens with one attached hydrogen (secondary N) is 2. The molecular weight excluding hydrogens is 597 g/mol. The van der Waals surface area contributed by atoms with Crippen LogP contribution in [0.3, 0.4) is 0 Å². The molecule has 0 radical (unpaired) electrons. The van der Waals surface area contributed by atoms with Gasteiger partial charge in [0.25, 0.3) is 11.8 Å². The van der Waals surface area contributed by atoms with E-state index in [1.807, 2.05) is 12.1 Å². The van der Waals surface area contributed by atoms with Gasteiger partial charge in [-0.3, -0.25) is 14.9 Å². The average Bonchev–Trinajstić information content (AvgIpc) is 3.31. The molecule has 13 heteroatoms.